The van der Waals surface area contributed by atoms with E-state index < -0.39 is 21.9 Å². The van der Waals surface area contributed by atoms with Crippen LogP contribution in [0.2, 0.25) is 0 Å². The topological polar surface area (TPSA) is 83.6 Å². The smallest absolute Gasteiger partial charge is 0.243 e. The van der Waals surface area contributed by atoms with E-state index in [-0.39, 0.29) is 29.7 Å². The molecule has 0 aromatic heterocycles. The second kappa shape index (κ2) is 8.73. The zero-order valence-corrected chi connectivity index (χ0v) is 15.9. The van der Waals surface area contributed by atoms with E-state index in [0.29, 0.717) is 25.2 Å². The van der Waals surface area contributed by atoms with Crippen molar-refractivity contribution in [2.24, 2.45) is 5.92 Å². The SMILES string of the molecule is CC(C)CCC(=O)N[C@H]1CCCN(S(=O)(=O)c2cccc(F)c2)CC1=O. The van der Waals surface area contributed by atoms with Crippen molar-refractivity contribution >= 4 is 21.7 Å². The van der Waals surface area contributed by atoms with Crippen LogP contribution >= 0.6 is 0 Å². The fourth-order valence-corrected chi connectivity index (χ4v) is 4.29. The molecule has 1 aliphatic heterocycles. The van der Waals surface area contributed by atoms with Gasteiger partial charge in [0.15, 0.2) is 5.78 Å². The highest BCUT2D eigenvalue weighted by Crippen LogP contribution is 2.20. The monoisotopic (exact) mass is 384 g/mol. The number of hydrogen-bond acceptors (Lipinski definition) is 4. The molecule has 0 unspecified atom stereocenters. The van der Waals surface area contributed by atoms with Crippen LogP contribution in [-0.2, 0) is 19.6 Å². The number of benzene rings is 1. The minimum Gasteiger partial charge on any atom is -0.346 e. The second-order valence-corrected chi connectivity index (χ2v) is 8.90. The van der Waals surface area contributed by atoms with Gasteiger partial charge in [-0.15, -0.1) is 0 Å². The van der Waals surface area contributed by atoms with E-state index in [2.05, 4.69) is 5.32 Å². The maximum Gasteiger partial charge on any atom is 0.243 e. The molecule has 0 radical (unpaired) electrons. The van der Waals surface area contributed by atoms with E-state index in [9.17, 15) is 22.4 Å². The first-order valence-corrected chi connectivity index (χ1v) is 10.2. The van der Waals surface area contributed by atoms with Crippen LogP contribution in [0.25, 0.3) is 0 Å². The van der Waals surface area contributed by atoms with Gasteiger partial charge in [0.2, 0.25) is 15.9 Å². The molecular weight excluding hydrogens is 359 g/mol. The molecule has 0 spiro atoms. The van der Waals surface area contributed by atoms with Crippen molar-refractivity contribution in [3.8, 4) is 0 Å². The average molecular weight is 384 g/mol. The fourth-order valence-electron chi connectivity index (χ4n) is 2.82. The Bertz CT molecular complexity index is 764. The molecule has 0 saturated carbocycles. The summed E-state index contributed by atoms with van der Waals surface area (Å²) in [6.07, 6.45) is 1.90. The fraction of sp³-hybridized carbons (Fsp3) is 0.556. The first-order chi connectivity index (χ1) is 12.2. The lowest BCUT2D eigenvalue weighted by Gasteiger charge is -2.20. The molecule has 1 aromatic rings. The molecule has 144 valence electrons. The van der Waals surface area contributed by atoms with Crippen molar-refractivity contribution < 1.29 is 22.4 Å². The van der Waals surface area contributed by atoms with Crippen molar-refractivity contribution in [3.05, 3.63) is 30.1 Å². The number of sulfonamides is 1. The number of amides is 1. The lowest BCUT2D eigenvalue weighted by atomic mass is 10.1. The zero-order chi connectivity index (χ0) is 19.3. The quantitative estimate of drug-likeness (QED) is 0.814. The number of halogens is 1. The Morgan fingerprint density at radius 1 is 1.38 bits per heavy atom. The van der Waals surface area contributed by atoms with Gasteiger partial charge < -0.3 is 5.32 Å². The summed E-state index contributed by atoms with van der Waals surface area (Å²) in [5.41, 5.74) is 0. The summed E-state index contributed by atoms with van der Waals surface area (Å²) >= 11 is 0. The van der Waals surface area contributed by atoms with Gasteiger partial charge in [-0.25, -0.2) is 12.8 Å². The van der Waals surface area contributed by atoms with Crippen molar-refractivity contribution in [2.75, 3.05) is 13.1 Å². The molecule has 26 heavy (non-hydrogen) atoms. The van der Waals surface area contributed by atoms with E-state index in [0.717, 1.165) is 22.9 Å². The normalized spacial score (nSPS) is 19.4. The summed E-state index contributed by atoms with van der Waals surface area (Å²) in [4.78, 5) is 24.2. The van der Waals surface area contributed by atoms with Crippen LogP contribution in [0.3, 0.4) is 0 Å². The predicted molar refractivity (Wildman–Crippen MR) is 95.4 cm³/mol. The Labute approximate surface area is 153 Å². The third-order valence-corrected chi connectivity index (χ3v) is 6.18. The minimum atomic E-state index is -3.95. The third-order valence-electron chi connectivity index (χ3n) is 4.34. The number of carbonyl (C=O) groups is 2. The number of rotatable bonds is 6. The van der Waals surface area contributed by atoms with Crippen LogP contribution in [0.1, 0.15) is 39.5 Å². The van der Waals surface area contributed by atoms with Gasteiger partial charge in [-0.05, 0) is 43.4 Å². The van der Waals surface area contributed by atoms with Crippen LogP contribution < -0.4 is 5.32 Å². The van der Waals surface area contributed by atoms with Crippen molar-refractivity contribution in [1.82, 2.24) is 9.62 Å². The Kier molecular flexibility index (Phi) is 6.88. The molecule has 1 aliphatic rings. The summed E-state index contributed by atoms with van der Waals surface area (Å²) in [7, 11) is -3.95. The molecule has 1 aromatic carbocycles. The number of carbonyl (C=O) groups excluding carboxylic acids is 2. The van der Waals surface area contributed by atoms with Gasteiger partial charge in [-0.3, -0.25) is 9.59 Å². The molecule has 6 nitrogen and oxygen atoms in total. The molecule has 1 amide bonds. The van der Waals surface area contributed by atoms with E-state index in [1.54, 1.807) is 0 Å². The Morgan fingerprint density at radius 3 is 2.77 bits per heavy atom. The molecule has 0 aliphatic carbocycles. The largest absolute Gasteiger partial charge is 0.346 e. The number of nitrogens with one attached hydrogen (secondary N) is 1. The van der Waals surface area contributed by atoms with Gasteiger partial charge in [-0.2, -0.15) is 4.31 Å². The molecular formula is C18H25FN2O4S. The summed E-state index contributed by atoms with van der Waals surface area (Å²) in [5, 5.41) is 2.71. The molecule has 1 fully saturated rings. The Morgan fingerprint density at radius 2 is 2.12 bits per heavy atom. The Hall–Kier alpha value is -1.80. The summed E-state index contributed by atoms with van der Waals surface area (Å²) in [6.45, 7) is 3.86. The summed E-state index contributed by atoms with van der Waals surface area (Å²) in [6, 6.07) is 4.05. The van der Waals surface area contributed by atoms with E-state index in [1.165, 1.54) is 12.1 Å². The predicted octanol–water partition coefficient (Wildman–Crippen LogP) is 2.10. The highest BCUT2D eigenvalue weighted by molar-refractivity contribution is 7.89. The number of ketones is 1. The van der Waals surface area contributed by atoms with Gasteiger partial charge in [0.1, 0.15) is 5.82 Å². The number of hydrogen-bond donors (Lipinski definition) is 1. The average Bonchev–Trinajstić information content (AvgIpc) is 2.75. The third kappa shape index (κ3) is 5.35. The maximum atomic E-state index is 13.4. The molecule has 1 atom stereocenters. The summed E-state index contributed by atoms with van der Waals surface area (Å²) in [5.74, 6) is -0.807. The van der Waals surface area contributed by atoms with Crippen molar-refractivity contribution in [2.45, 2.75) is 50.5 Å². The Balaban J connectivity index is 2.05. The van der Waals surface area contributed by atoms with E-state index >= 15 is 0 Å². The standard InChI is InChI=1S/C18H25FN2O4S/c1-13(2)8-9-18(23)20-16-7-4-10-21(12-17(16)22)26(24,25)15-6-3-5-14(19)11-15/h3,5-6,11,13,16H,4,7-10,12H2,1-2H3,(H,20,23)/t16-/m0/s1. The van der Waals surface area contributed by atoms with Gasteiger partial charge in [-0.1, -0.05) is 19.9 Å². The molecule has 0 bridgehead atoms. The van der Waals surface area contributed by atoms with Crippen molar-refractivity contribution in [1.29, 1.82) is 0 Å². The lowest BCUT2D eigenvalue weighted by Crippen LogP contribution is -2.44. The molecule has 8 heteroatoms. The van der Waals surface area contributed by atoms with Gasteiger partial charge in [0.05, 0.1) is 17.5 Å². The molecule has 1 saturated heterocycles. The van der Waals surface area contributed by atoms with Crippen LogP contribution in [0.15, 0.2) is 29.2 Å². The lowest BCUT2D eigenvalue weighted by molar-refractivity contribution is -0.127. The highest BCUT2D eigenvalue weighted by Gasteiger charge is 2.33. The zero-order valence-electron chi connectivity index (χ0n) is 15.1. The second-order valence-electron chi connectivity index (χ2n) is 6.96. The van der Waals surface area contributed by atoms with Gasteiger partial charge >= 0.3 is 0 Å². The van der Waals surface area contributed by atoms with E-state index in [1.807, 2.05) is 13.8 Å². The molecule has 1 N–H and O–H groups in total. The van der Waals surface area contributed by atoms with E-state index in [4.69, 9.17) is 0 Å². The molecule has 1 heterocycles. The molecule has 2 rings (SSSR count). The summed E-state index contributed by atoms with van der Waals surface area (Å²) < 4.78 is 39.7. The van der Waals surface area contributed by atoms with Crippen LogP contribution in [0.5, 0.6) is 0 Å². The van der Waals surface area contributed by atoms with Gasteiger partial charge in [0, 0.05) is 13.0 Å². The van der Waals surface area contributed by atoms with Gasteiger partial charge in [0.25, 0.3) is 0 Å². The first kappa shape index (κ1) is 20.5. The van der Waals surface area contributed by atoms with Crippen LogP contribution in [0, 0.1) is 11.7 Å². The van der Waals surface area contributed by atoms with Crippen LogP contribution in [-0.4, -0.2) is 43.5 Å². The number of nitrogens with zero attached hydrogens (tertiary/aromatic N) is 1. The number of Topliss-reactive ketones (excluding diaryl/α,β-unsaturated/α-hetero) is 1. The highest BCUT2D eigenvalue weighted by atomic mass is 32.2. The van der Waals surface area contributed by atoms with Crippen molar-refractivity contribution in [3.63, 3.8) is 0 Å². The first-order valence-electron chi connectivity index (χ1n) is 8.78. The van der Waals surface area contributed by atoms with Crippen LogP contribution in [0.4, 0.5) is 4.39 Å². The minimum absolute atomic E-state index is 0.156. The maximum absolute atomic E-state index is 13.4.